The predicted octanol–water partition coefficient (Wildman–Crippen LogP) is 4.40. The summed E-state index contributed by atoms with van der Waals surface area (Å²) in [6.45, 7) is 5.03. The lowest BCUT2D eigenvalue weighted by atomic mass is 10.2. The van der Waals surface area contributed by atoms with E-state index in [0.717, 1.165) is 28.7 Å². The first-order chi connectivity index (χ1) is 11.1. The monoisotopic (exact) mass is 376 g/mol. The smallest absolute Gasteiger partial charge is 0.275 e. The molecule has 5 nitrogen and oxygen atoms in total. The van der Waals surface area contributed by atoms with Gasteiger partial charge in [0.25, 0.3) is 5.91 Å². The molecule has 2 rings (SSSR count). The molecule has 0 aliphatic rings. The van der Waals surface area contributed by atoms with Crippen LogP contribution >= 0.6 is 15.9 Å². The van der Waals surface area contributed by atoms with Crippen molar-refractivity contribution < 1.29 is 4.79 Å². The number of anilines is 2. The van der Waals surface area contributed by atoms with Crippen molar-refractivity contribution in [2.24, 2.45) is 0 Å². The van der Waals surface area contributed by atoms with Crippen molar-refractivity contribution in [1.29, 1.82) is 0 Å². The van der Waals surface area contributed by atoms with Gasteiger partial charge in [-0.2, -0.15) is 0 Å². The molecule has 6 heteroatoms. The lowest BCUT2D eigenvalue weighted by molar-refractivity contribution is 0.102. The number of nitrogens with zero attached hydrogens (tertiary/aromatic N) is 2. The van der Waals surface area contributed by atoms with Gasteiger partial charge in [-0.15, -0.1) is 0 Å². The maximum Gasteiger partial charge on any atom is 0.275 e. The minimum Gasteiger partial charge on any atom is -0.369 e. The maximum atomic E-state index is 12.2. The van der Waals surface area contributed by atoms with Crippen LogP contribution in [0, 0.1) is 6.92 Å². The topological polar surface area (TPSA) is 66.9 Å². The molecule has 2 aromatic rings. The van der Waals surface area contributed by atoms with Crippen molar-refractivity contribution in [2.45, 2.75) is 33.1 Å². The van der Waals surface area contributed by atoms with E-state index in [9.17, 15) is 4.79 Å². The number of carbonyl (C=O) groups excluding carboxylic acids is 1. The molecule has 0 aliphatic heterocycles. The van der Waals surface area contributed by atoms with Crippen LogP contribution in [0.15, 0.2) is 35.1 Å². The van der Waals surface area contributed by atoms with Gasteiger partial charge in [0.05, 0.1) is 12.4 Å². The van der Waals surface area contributed by atoms with Crippen LogP contribution in [0.1, 0.15) is 42.2 Å². The highest BCUT2D eigenvalue weighted by molar-refractivity contribution is 9.10. The summed E-state index contributed by atoms with van der Waals surface area (Å²) in [6.07, 6.45) is 6.55. The van der Waals surface area contributed by atoms with Gasteiger partial charge >= 0.3 is 0 Å². The van der Waals surface area contributed by atoms with Crippen LogP contribution in [-0.4, -0.2) is 22.4 Å². The number of rotatable bonds is 7. The Hall–Kier alpha value is -1.95. The molecular weight excluding hydrogens is 356 g/mol. The number of unbranched alkanes of at least 4 members (excludes halogenated alkanes) is 2. The molecule has 1 aromatic heterocycles. The first-order valence-electron chi connectivity index (χ1n) is 7.73. The third-order valence-corrected chi connectivity index (χ3v) is 4.25. The molecule has 0 spiro atoms. The zero-order chi connectivity index (χ0) is 16.7. The average molecular weight is 377 g/mol. The van der Waals surface area contributed by atoms with E-state index in [0.29, 0.717) is 11.5 Å². The quantitative estimate of drug-likeness (QED) is 0.702. The lowest BCUT2D eigenvalue weighted by Crippen LogP contribution is -2.14. The number of aromatic nitrogens is 2. The molecule has 2 N–H and O–H groups in total. The fourth-order valence-corrected chi connectivity index (χ4v) is 2.37. The van der Waals surface area contributed by atoms with Crippen LogP contribution in [0.2, 0.25) is 0 Å². The zero-order valence-corrected chi connectivity index (χ0v) is 15.0. The lowest BCUT2D eigenvalue weighted by Gasteiger charge is -2.08. The van der Waals surface area contributed by atoms with Crippen molar-refractivity contribution in [3.8, 4) is 0 Å². The summed E-state index contributed by atoms with van der Waals surface area (Å²) in [7, 11) is 0. The van der Waals surface area contributed by atoms with Gasteiger partial charge in [-0.05, 0) is 31.0 Å². The highest BCUT2D eigenvalue weighted by Crippen LogP contribution is 2.20. The summed E-state index contributed by atoms with van der Waals surface area (Å²) in [5.41, 5.74) is 2.12. The van der Waals surface area contributed by atoms with Gasteiger partial charge in [-0.25, -0.2) is 9.97 Å². The molecule has 1 aromatic carbocycles. The number of hydrogen-bond donors (Lipinski definition) is 2. The molecule has 0 radical (unpaired) electrons. The molecular formula is C17H21BrN4O. The number of amides is 1. The highest BCUT2D eigenvalue weighted by Gasteiger charge is 2.09. The molecule has 0 aliphatic carbocycles. The second kappa shape index (κ2) is 8.62. The number of nitrogens with one attached hydrogen (secondary N) is 2. The Bertz CT molecular complexity index is 658. The van der Waals surface area contributed by atoms with E-state index < -0.39 is 0 Å². The largest absolute Gasteiger partial charge is 0.369 e. The van der Waals surface area contributed by atoms with Crippen LogP contribution in [0.25, 0.3) is 0 Å². The first kappa shape index (κ1) is 17.4. The molecule has 23 heavy (non-hydrogen) atoms. The summed E-state index contributed by atoms with van der Waals surface area (Å²) < 4.78 is 0.952. The van der Waals surface area contributed by atoms with E-state index in [1.54, 1.807) is 6.20 Å². The number of halogens is 1. The molecule has 0 saturated carbocycles. The Kier molecular flexibility index (Phi) is 6.52. The van der Waals surface area contributed by atoms with E-state index in [4.69, 9.17) is 0 Å². The molecule has 1 heterocycles. The molecule has 1 amide bonds. The van der Waals surface area contributed by atoms with E-state index in [-0.39, 0.29) is 5.91 Å². The van der Waals surface area contributed by atoms with Gasteiger partial charge in [-0.3, -0.25) is 4.79 Å². The molecule has 122 valence electrons. The second-order valence-corrected chi connectivity index (χ2v) is 6.19. The van der Waals surface area contributed by atoms with Crippen LogP contribution in [0.4, 0.5) is 11.5 Å². The van der Waals surface area contributed by atoms with Gasteiger partial charge in [0, 0.05) is 16.7 Å². The van der Waals surface area contributed by atoms with Crippen molar-refractivity contribution in [1.82, 2.24) is 9.97 Å². The zero-order valence-electron chi connectivity index (χ0n) is 13.4. The molecule has 0 fully saturated rings. The summed E-state index contributed by atoms with van der Waals surface area (Å²) in [6, 6.07) is 5.66. The Morgan fingerprint density at radius 1 is 1.22 bits per heavy atom. The average Bonchev–Trinajstić information content (AvgIpc) is 2.55. The van der Waals surface area contributed by atoms with Gasteiger partial charge in [0.1, 0.15) is 11.5 Å². The molecule has 0 atom stereocenters. The fraction of sp³-hybridized carbons (Fsp3) is 0.353. The van der Waals surface area contributed by atoms with Crippen LogP contribution in [-0.2, 0) is 0 Å². The van der Waals surface area contributed by atoms with E-state index in [1.807, 2.05) is 25.1 Å². The summed E-state index contributed by atoms with van der Waals surface area (Å²) in [5, 5.41) is 6.01. The van der Waals surface area contributed by atoms with Gasteiger partial charge in [0.15, 0.2) is 0 Å². The van der Waals surface area contributed by atoms with Gasteiger partial charge in [0.2, 0.25) is 0 Å². The normalized spacial score (nSPS) is 10.4. The minimum absolute atomic E-state index is 0.272. The summed E-state index contributed by atoms with van der Waals surface area (Å²) in [4.78, 5) is 20.6. The minimum atomic E-state index is -0.272. The number of aryl methyl sites for hydroxylation is 1. The number of benzene rings is 1. The van der Waals surface area contributed by atoms with Crippen LogP contribution < -0.4 is 10.6 Å². The Labute approximate surface area is 145 Å². The third kappa shape index (κ3) is 5.32. The molecule has 0 bridgehead atoms. The standard InChI is InChI=1S/C17H21BrN4O/c1-3-4-5-8-19-16-11-20-15(10-21-16)17(23)22-13-7-6-12(2)14(18)9-13/h6-7,9-11H,3-5,8H2,1-2H3,(H,19,21)(H,22,23). The summed E-state index contributed by atoms with van der Waals surface area (Å²) in [5.74, 6) is 0.418. The fourth-order valence-electron chi connectivity index (χ4n) is 1.99. The molecule has 0 unspecified atom stereocenters. The maximum absolute atomic E-state index is 12.2. The summed E-state index contributed by atoms with van der Waals surface area (Å²) >= 11 is 3.45. The van der Waals surface area contributed by atoms with E-state index in [1.165, 1.54) is 19.0 Å². The van der Waals surface area contributed by atoms with Gasteiger partial charge < -0.3 is 10.6 Å². The Morgan fingerprint density at radius 2 is 2.04 bits per heavy atom. The van der Waals surface area contributed by atoms with Gasteiger partial charge in [-0.1, -0.05) is 41.8 Å². The van der Waals surface area contributed by atoms with Crippen molar-refractivity contribution in [3.63, 3.8) is 0 Å². The van der Waals surface area contributed by atoms with Crippen LogP contribution in [0.3, 0.4) is 0 Å². The second-order valence-electron chi connectivity index (χ2n) is 5.34. The molecule has 0 saturated heterocycles. The SMILES string of the molecule is CCCCCNc1cnc(C(=O)Nc2ccc(C)c(Br)c2)cn1. The van der Waals surface area contributed by atoms with E-state index in [2.05, 4.69) is 43.5 Å². The third-order valence-electron chi connectivity index (χ3n) is 3.40. The van der Waals surface area contributed by atoms with E-state index >= 15 is 0 Å². The Balaban J connectivity index is 1.93. The first-order valence-corrected chi connectivity index (χ1v) is 8.53. The highest BCUT2D eigenvalue weighted by atomic mass is 79.9. The van der Waals surface area contributed by atoms with Crippen molar-refractivity contribution in [2.75, 3.05) is 17.2 Å². The number of hydrogen-bond acceptors (Lipinski definition) is 4. The van der Waals surface area contributed by atoms with Crippen molar-refractivity contribution >= 4 is 33.3 Å². The Morgan fingerprint density at radius 3 is 2.70 bits per heavy atom. The predicted molar refractivity (Wildman–Crippen MR) is 96.9 cm³/mol. The van der Waals surface area contributed by atoms with Crippen LogP contribution in [0.5, 0.6) is 0 Å². The van der Waals surface area contributed by atoms with Crippen molar-refractivity contribution in [3.05, 3.63) is 46.3 Å². The number of carbonyl (C=O) groups is 1.